The van der Waals surface area contributed by atoms with E-state index in [-0.39, 0.29) is 28.3 Å². The van der Waals surface area contributed by atoms with Crippen molar-refractivity contribution in [3.63, 3.8) is 0 Å². The van der Waals surface area contributed by atoms with Gasteiger partial charge < -0.3 is 30.1 Å². The molecular weight excluding hydrogens is 506 g/mol. The van der Waals surface area contributed by atoms with Gasteiger partial charge in [-0.15, -0.1) is 0 Å². The Bertz CT molecular complexity index is 1220. The van der Waals surface area contributed by atoms with Crippen molar-refractivity contribution in [2.24, 2.45) is 0 Å². The van der Waals surface area contributed by atoms with E-state index in [2.05, 4.69) is 16.0 Å². The Kier molecular flexibility index (Phi) is 7.67. The van der Waals surface area contributed by atoms with Gasteiger partial charge in [-0.3, -0.25) is 5.32 Å². The second kappa shape index (κ2) is 10.8. The molecule has 0 radical (unpaired) electrons. The van der Waals surface area contributed by atoms with E-state index in [1.165, 1.54) is 6.07 Å². The summed E-state index contributed by atoms with van der Waals surface area (Å²) in [6, 6.07) is 7.85. The first-order valence-electron chi connectivity index (χ1n) is 11.7. The van der Waals surface area contributed by atoms with Crippen LogP contribution in [0.2, 0.25) is 0 Å². The fraction of sp³-hybridized carbons (Fsp3) is 0.400. The zero-order valence-corrected chi connectivity index (χ0v) is 21.2. The lowest BCUT2D eigenvalue weighted by Gasteiger charge is -2.45. The highest BCUT2D eigenvalue weighted by atomic mass is 32.1. The van der Waals surface area contributed by atoms with Crippen LogP contribution in [0.3, 0.4) is 0 Å². The summed E-state index contributed by atoms with van der Waals surface area (Å²) in [6.45, 7) is 0.534. The van der Waals surface area contributed by atoms with Gasteiger partial charge in [-0.1, -0.05) is 6.07 Å². The SMILES string of the molecule is COc1ccc([C@@]23CC[C@@H](NC(=O)Nc4ccc(F)c(F)c4)C[C@@H]2N(C(=S)NC(=O)O)CC3)cc1OC. The van der Waals surface area contributed by atoms with Crippen molar-refractivity contribution < 1.29 is 33.0 Å². The van der Waals surface area contributed by atoms with Crippen LogP contribution in [0.25, 0.3) is 0 Å². The molecule has 2 aliphatic rings. The number of methoxy groups -OCH3 is 2. The van der Waals surface area contributed by atoms with Crippen molar-refractivity contribution in [3.8, 4) is 11.5 Å². The number of anilines is 1. The summed E-state index contributed by atoms with van der Waals surface area (Å²) in [6.07, 6.45) is 1.30. The number of nitrogens with zero attached hydrogens (tertiary/aromatic N) is 1. The predicted molar refractivity (Wildman–Crippen MR) is 136 cm³/mol. The van der Waals surface area contributed by atoms with E-state index < -0.39 is 23.8 Å². The zero-order chi connectivity index (χ0) is 26.7. The molecular formula is C25H28F2N4O5S. The lowest BCUT2D eigenvalue weighted by atomic mass is 9.65. The highest BCUT2D eigenvalue weighted by molar-refractivity contribution is 7.80. The standard InChI is InChI=1S/C25H28F2N4O5S/c1-35-19-6-3-14(11-20(19)36-2)25-8-7-16(13-21(25)31(10-9-25)23(37)30-24(33)34)29-22(32)28-15-4-5-17(26)18(27)12-15/h3-6,11-12,16,21H,7-10,13H2,1-2H3,(H,30,37)(H,33,34)(H2,28,29,32)/t16-,21+,25+/m1/s1. The maximum absolute atomic E-state index is 13.5. The average Bonchev–Trinajstić information content (AvgIpc) is 3.25. The molecule has 1 saturated heterocycles. The minimum atomic E-state index is -1.25. The van der Waals surface area contributed by atoms with Crippen LogP contribution in [0.15, 0.2) is 36.4 Å². The second-order valence-corrected chi connectivity index (χ2v) is 9.51. The van der Waals surface area contributed by atoms with Crippen LogP contribution in [0.1, 0.15) is 31.2 Å². The quantitative estimate of drug-likeness (QED) is 0.425. The van der Waals surface area contributed by atoms with E-state index in [0.29, 0.717) is 37.3 Å². The zero-order valence-electron chi connectivity index (χ0n) is 20.3. The van der Waals surface area contributed by atoms with Crippen molar-refractivity contribution in [2.45, 2.75) is 43.2 Å². The maximum atomic E-state index is 13.5. The van der Waals surface area contributed by atoms with Crippen LogP contribution in [-0.2, 0) is 5.41 Å². The number of likely N-dealkylation sites (tertiary alicyclic amines) is 1. The smallest absolute Gasteiger partial charge is 0.410 e. The minimum absolute atomic E-state index is 0.103. The van der Waals surface area contributed by atoms with Crippen molar-refractivity contribution in [2.75, 3.05) is 26.1 Å². The van der Waals surface area contributed by atoms with Gasteiger partial charge in [0.25, 0.3) is 0 Å². The van der Waals surface area contributed by atoms with Gasteiger partial charge in [0.2, 0.25) is 0 Å². The molecule has 0 bridgehead atoms. The Balaban J connectivity index is 1.57. The Morgan fingerprint density at radius 3 is 2.51 bits per heavy atom. The number of carbonyl (C=O) groups is 2. The first kappa shape index (κ1) is 26.4. The summed E-state index contributed by atoms with van der Waals surface area (Å²) in [5.41, 5.74) is 0.778. The van der Waals surface area contributed by atoms with Gasteiger partial charge in [0.05, 0.1) is 14.2 Å². The van der Waals surface area contributed by atoms with Crippen LogP contribution in [0.5, 0.6) is 11.5 Å². The van der Waals surface area contributed by atoms with Gasteiger partial charge in [0.1, 0.15) is 0 Å². The number of halogens is 2. The molecule has 37 heavy (non-hydrogen) atoms. The molecule has 198 valence electrons. The lowest BCUT2D eigenvalue weighted by molar-refractivity contribution is 0.175. The van der Waals surface area contributed by atoms with Crippen LogP contribution in [0, 0.1) is 11.6 Å². The number of benzene rings is 2. The van der Waals surface area contributed by atoms with E-state index >= 15 is 0 Å². The minimum Gasteiger partial charge on any atom is -0.493 e. The summed E-state index contributed by atoms with van der Waals surface area (Å²) < 4.78 is 37.6. The van der Waals surface area contributed by atoms with E-state index in [1.54, 1.807) is 14.2 Å². The highest BCUT2D eigenvalue weighted by Gasteiger charge is 2.52. The summed E-state index contributed by atoms with van der Waals surface area (Å²) in [4.78, 5) is 25.8. The van der Waals surface area contributed by atoms with E-state index in [4.69, 9.17) is 21.7 Å². The number of hydrogen-bond acceptors (Lipinski definition) is 5. The third-order valence-corrected chi connectivity index (χ3v) is 7.54. The monoisotopic (exact) mass is 534 g/mol. The molecule has 0 spiro atoms. The number of thiocarbonyl (C=S) groups is 1. The molecule has 1 aliphatic heterocycles. The lowest BCUT2D eigenvalue weighted by Crippen LogP contribution is -2.55. The van der Waals surface area contributed by atoms with Crippen molar-refractivity contribution in [3.05, 3.63) is 53.6 Å². The molecule has 1 saturated carbocycles. The number of carboxylic acid groups (broad SMARTS) is 1. The first-order valence-corrected chi connectivity index (χ1v) is 12.1. The summed E-state index contributed by atoms with van der Waals surface area (Å²) >= 11 is 5.41. The van der Waals surface area contributed by atoms with Crippen LogP contribution in [-0.4, -0.2) is 60.1 Å². The van der Waals surface area contributed by atoms with Gasteiger partial charge in [0.15, 0.2) is 28.2 Å². The second-order valence-electron chi connectivity index (χ2n) is 9.12. The molecule has 3 atom stereocenters. The predicted octanol–water partition coefficient (Wildman–Crippen LogP) is 4.22. The molecule has 4 N–H and O–H groups in total. The van der Waals surface area contributed by atoms with Gasteiger partial charge in [-0.05, 0) is 67.7 Å². The van der Waals surface area contributed by atoms with Crippen molar-refractivity contribution in [1.29, 1.82) is 0 Å². The molecule has 0 aromatic heterocycles. The molecule has 3 amide bonds. The van der Waals surface area contributed by atoms with Crippen molar-refractivity contribution in [1.82, 2.24) is 15.5 Å². The highest BCUT2D eigenvalue weighted by Crippen LogP contribution is 2.50. The molecule has 0 unspecified atom stereocenters. The molecule has 2 aromatic rings. The van der Waals surface area contributed by atoms with Crippen LogP contribution < -0.4 is 25.4 Å². The number of rotatable bonds is 5. The third-order valence-electron chi connectivity index (χ3n) is 7.21. The average molecular weight is 535 g/mol. The normalized spacial score (nSPS) is 22.5. The Morgan fingerprint density at radius 2 is 1.84 bits per heavy atom. The topological polar surface area (TPSA) is 112 Å². The van der Waals surface area contributed by atoms with E-state index in [0.717, 1.165) is 24.1 Å². The van der Waals surface area contributed by atoms with Gasteiger partial charge >= 0.3 is 12.1 Å². The van der Waals surface area contributed by atoms with Gasteiger partial charge in [-0.25, -0.2) is 18.4 Å². The Labute approximate surface area is 218 Å². The van der Waals surface area contributed by atoms with Crippen molar-refractivity contribution >= 4 is 35.1 Å². The first-order chi connectivity index (χ1) is 17.7. The molecule has 4 rings (SSSR count). The maximum Gasteiger partial charge on any atom is 0.410 e. The summed E-state index contributed by atoms with van der Waals surface area (Å²) in [7, 11) is 3.13. The molecule has 1 heterocycles. The van der Waals surface area contributed by atoms with Gasteiger partial charge in [-0.2, -0.15) is 0 Å². The summed E-state index contributed by atoms with van der Waals surface area (Å²) in [5, 5.41) is 17.1. The molecule has 2 fully saturated rings. The van der Waals surface area contributed by atoms with Gasteiger partial charge in [0, 0.05) is 35.8 Å². The molecule has 2 aromatic carbocycles. The number of nitrogens with one attached hydrogen (secondary N) is 3. The Hall–Kier alpha value is -3.67. The third kappa shape index (κ3) is 5.38. The number of ether oxygens (including phenoxy) is 2. The van der Waals surface area contributed by atoms with Crippen LogP contribution >= 0.6 is 12.2 Å². The number of hydrogen-bond donors (Lipinski definition) is 4. The number of fused-ring (bicyclic) bond motifs is 1. The number of urea groups is 1. The number of amides is 3. The fourth-order valence-electron chi connectivity index (χ4n) is 5.50. The molecule has 1 aliphatic carbocycles. The summed E-state index contributed by atoms with van der Waals surface area (Å²) in [5.74, 6) is -0.876. The number of carbonyl (C=O) groups excluding carboxylic acids is 1. The molecule has 12 heteroatoms. The van der Waals surface area contributed by atoms with E-state index in [9.17, 15) is 23.5 Å². The largest absolute Gasteiger partial charge is 0.493 e. The fourth-order valence-corrected chi connectivity index (χ4v) is 5.80. The Morgan fingerprint density at radius 1 is 1.08 bits per heavy atom. The molecule has 9 nitrogen and oxygen atoms in total. The van der Waals surface area contributed by atoms with Crippen LogP contribution in [0.4, 0.5) is 24.1 Å². The van der Waals surface area contributed by atoms with E-state index in [1.807, 2.05) is 23.1 Å².